The first-order valence-corrected chi connectivity index (χ1v) is 7.99. The molecule has 1 aliphatic heterocycles. The highest BCUT2D eigenvalue weighted by Gasteiger charge is 2.20. The van der Waals surface area contributed by atoms with Gasteiger partial charge in [-0.15, -0.1) is 5.10 Å². The van der Waals surface area contributed by atoms with Crippen LogP contribution in [0, 0.1) is 20.8 Å². The summed E-state index contributed by atoms with van der Waals surface area (Å²) in [5, 5.41) is 9.36. The van der Waals surface area contributed by atoms with Crippen molar-refractivity contribution in [2.75, 3.05) is 36.0 Å². The van der Waals surface area contributed by atoms with E-state index in [-0.39, 0.29) is 0 Å². The summed E-state index contributed by atoms with van der Waals surface area (Å²) in [5.74, 6) is 0.977. The molecular formula is C17H21ClN4. The van der Waals surface area contributed by atoms with Gasteiger partial charge in [-0.3, -0.25) is 0 Å². The Kier molecular flexibility index (Phi) is 4.21. The predicted octanol–water partition coefficient (Wildman–Crippen LogP) is 3.38. The van der Waals surface area contributed by atoms with Crippen molar-refractivity contribution in [1.29, 1.82) is 0 Å². The third kappa shape index (κ3) is 3.02. The van der Waals surface area contributed by atoms with E-state index in [2.05, 4.69) is 52.0 Å². The summed E-state index contributed by atoms with van der Waals surface area (Å²) in [6.45, 7) is 10.0. The summed E-state index contributed by atoms with van der Waals surface area (Å²) in [6.07, 6.45) is 0. The van der Waals surface area contributed by atoms with E-state index in [1.165, 1.54) is 16.8 Å². The molecule has 4 nitrogen and oxygen atoms in total. The zero-order valence-electron chi connectivity index (χ0n) is 13.3. The van der Waals surface area contributed by atoms with E-state index in [1.54, 1.807) is 0 Å². The molecule has 1 fully saturated rings. The van der Waals surface area contributed by atoms with Crippen LogP contribution in [0.3, 0.4) is 0 Å². The van der Waals surface area contributed by atoms with Crippen LogP contribution in [0.5, 0.6) is 0 Å². The highest BCUT2D eigenvalue weighted by molar-refractivity contribution is 6.30. The largest absolute Gasteiger partial charge is 0.368 e. The first-order valence-electron chi connectivity index (χ1n) is 7.61. The molecule has 2 heterocycles. The average Bonchev–Trinajstić information content (AvgIpc) is 2.53. The van der Waals surface area contributed by atoms with Crippen molar-refractivity contribution in [3.8, 4) is 0 Å². The van der Waals surface area contributed by atoms with E-state index < -0.39 is 0 Å². The normalized spacial score (nSPS) is 15.3. The second-order valence-corrected chi connectivity index (χ2v) is 6.31. The van der Waals surface area contributed by atoms with E-state index >= 15 is 0 Å². The fraction of sp³-hybridized carbons (Fsp3) is 0.412. The minimum absolute atomic E-state index is 0.794. The van der Waals surface area contributed by atoms with E-state index in [0.717, 1.165) is 42.7 Å². The number of hydrogen-bond donors (Lipinski definition) is 0. The van der Waals surface area contributed by atoms with Crippen LogP contribution >= 0.6 is 11.6 Å². The average molecular weight is 317 g/mol. The summed E-state index contributed by atoms with van der Waals surface area (Å²) >= 11 is 6.14. The Morgan fingerprint density at radius 1 is 0.864 bits per heavy atom. The molecule has 1 aliphatic rings. The van der Waals surface area contributed by atoms with Crippen LogP contribution in [0.4, 0.5) is 11.5 Å². The Hall–Kier alpha value is -1.81. The molecule has 0 unspecified atom stereocenters. The standard InChI is InChI=1S/C17H21ClN4/c1-12-4-5-15(18)11-16(12)21-6-8-22(9-7-21)17-10-13(2)14(3)19-20-17/h4-5,10-11H,6-9H2,1-3H3. The van der Waals surface area contributed by atoms with E-state index in [4.69, 9.17) is 11.6 Å². The highest BCUT2D eigenvalue weighted by atomic mass is 35.5. The Bertz CT molecular complexity index is 678. The predicted molar refractivity (Wildman–Crippen MR) is 92.1 cm³/mol. The minimum atomic E-state index is 0.794. The van der Waals surface area contributed by atoms with Gasteiger partial charge in [0, 0.05) is 36.9 Å². The fourth-order valence-corrected chi connectivity index (χ4v) is 2.95. The Labute approximate surface area is 136 Å². The summed E-state index contributed by atoms with van der Waals surface area (Å²) < 4.78 is 0. The SMILES string of the molecule is Cc1ccc(Cl)cc1N1CCN(c2cc(C)c(C)nn2)CC1. The molecule has 116 valence electrons. The quantitative estimate of drug-likeness (QED) is 0.850. The van der Waals surface area contributed by atoms with Crippen LogP contribution in [-0.4, -0.2) is 36.4 Å². The number of rotatable bonds is 2. The lowest BCUT2D eigenvalue weighted by Gasteiger charge is -2.37. The molecule has 0 bridgehead atoms. The zero-order valence-corrected chi connectivity index (χ0v) is 14.1. The van der Waals surface area contributed by atoms with Gasteiger partial charge in [-0.05, 0) is 50.1 Å². The monoisotopic (exact) mass is 316 g/mol. The van der Waals surface area contributed by atoms with E-state index in [9.17, 15) is 0 Å². The molecule has 1 aromatic heterocycles. The minimum Gasteiger partial charge on any atom is -0.368 e. The molecule has 0 spiro atoms. The molecular weight excluding hydrogens is 296 g/mol. The maximum absolute atomic E-state index is 6.14. The lowest BCUT2D eigenvalue weighted by Crippen LogP contribution is -2.47. The topological polar surface area (TPSA) is 32.3 Å². The van der Waals surface area contributed by atoms with Gasteiger partial charge in [0.15, 0.2) is 5.82 Å². The lowest BCUT2D eigenvalue weighted by atomic mass is 10.1. The van der Waals surface area contributed by atoms with Crippen molar-refractivity contribution >= 4 is 23.1 Å². The van der Waals surface area contributed by atoms with Gasteiger partial charge < -0.3 is 9.80 Å². The molecule has 0 radical (unpaired) electrons. The molecule has 0 atom stereocenters. The van der Waals surface area contributed by atoms with Gasteiger partial charge in [0.2, 0.25) is 0 Å². The van der Waals surface area contributed by atoms with Crippen LogP contribution in [0.25, 0.3) is 0 Å². The first kappa shape index (κ1) is 15.1. The van der Waals surface area contributed by atoms with E-state index in [0.29, 0.717) is 0 Å². The molecule has 1 aromatic carbocycles. The van der Waals surface area contributed by atoms with Crippen molar-refractivity contribution < 1.29 is 0 Å². The van der Waals surface area contributed by atoms with Gasteiger partial charge >= 0.3 is 0 Å². The maximum atomic E-state index is 6.14. The molecule has 0 saturated carbocycles. The zero-order chi connectivity index (χ0) is 15.7. The molecule has 0 aliphatic carbocycles. The van der Waals surface area contributed by atoms with Gasteiger partial charge in [-0.2, -0.15) is 5.10 Å². The number of nitrogens with zero attached hydrogens (tertiary/aromatic N) is 4. The molecule has 3 rings (SSSR count). The molecule has 0 N–H and O–H groups in total. The molecule has 0 amide bonds. The van der Waals surface area contributed by atoms with Crippen LogP contribution < -0.4 is 9.80 Å². The summed E-state index contributed by atoms with van der Waals surface area (Å²) in [7, 11) is 0. The van der Waals surface area contributed by atoms with Gasteiger partial charge in [0.1, 0.15) is 0 Å². The second kappa shape index (κ2) is 6.13. The number of aryl methyl sites for hydroxylation is 3. The Morgan fingerprint density at radius 3 is 2.23 bits per heavy atom. The summed E-state index contributed by atoms with van der Waals surface area (Å²) in [4.78, 5) is 4.70. The van der Waals surface area contributed by atoms with Crippen LogP contribution in [0.2, 0.25) is 5.02 Å². The van der Waals surface area contributed by atoms with Crippen molar-refractivity contribution in [2.45, 2.75) is 20.8 Å². The van der Waals surface area contributed by atoms with Gasteiger partial charge in [-0.25, -0.2) is 0 Å². The van der Waals surface area contributed by atoms with Gasteiger partial charge in [-0.1, -0.05) is 17.7 Å². The van der Waals surface area contributed by atoms with Crippen LogP contribution in [0.15, 0.2) is 24.3 Å². The summed E-state index contributed by atoms with van der Waals surface area (Å²) in [6, 6.07) is 8.21. The van der Waals surface area contributed by atoms with Crippen molar-refractivity contribution in [2.24, 2.45) is 0 Å². The van der Waals surface area contributed by atoms with Crippen molar-refractivity contribution in [3.05, 3.63) is 46.1 Å². The highest BCUT2D eigenvalue weighted by Crippen LogP contribution is 2.26. The number of benzene rings is 1. The summed E-state index contributed by atoms with van der Waals surface area (Å²) in [5.41, 5.74) is 4.69. The Balaban J connectivity index is 1.72. The lowest BCUT2D eigenvalue weighted by molar-refractivity contribution is 0.641. The smallest absolute Gasteiger partial charge is 0.151 e. The number of piperazine rings is 1. The molecule has 5 heteroatoms. The molecule has 2 aromatic rings. The van der Waals surface area contributed by atoms with Gasteiger partial charge in [0.05, 0.1) is 5.69 Å². The number of aromatic nitrogens is 2. The van der Waals surface area contributed by atoms with Crippen LogP contribution in [0.1, 0.15) is 16.8 Å². The third-order valence-corrected chi connectivity index (χ3v) is 4.57. The first-order chi connectivity index (χ1) is 10.5. The molecule has 1 saturated heterocycles. The Morgan fingerprint density at radius 2 is 1.55 bits per heavy atom. The third-order valence-electron chi connectivity index (χ3n) is 4.33. The number of anilines is 2. The van der Waals surface area contributed by atoms with Gasteiger partial charge in [0.25, 0.3) is 0 Å². The second-order valence-electron chi connectivity index (χ2n) is 5.88. The van der Waals surface area contributed by atoms with Crippen molar-refractivity contribution in [3.63, 3.8) is 0 Å². The number of halogens is 1. The van der Waals surface area contributed by atoms with E-state index in [1.807, 2.05) is 13.0 Å². The number of hydrogen-bond acceptors (Lipinski definition) is 4. The fourth-order valence-electron chi connectivity index (χ4n) is 2.79. The van der Waals surface area contributed by atoms with Crippen LogP contribution in [-0.2, 0) is 0 Å². The van der Waals surface area contributed by atoms with Crippen molar-refractivity contribution in [1.82, 2.24) is 10.2 Å². The molecule has 22 heavy (non-hydrogen) atoms. The maximum Gasteiger partial charge on any atom is 0.151 e.